The number of nitrogens with zero attached hydrogens (tertiary/aromatic N) is 1. The maximum absolute atomic E-state index is 13.8. The van der Waals surface area contributed by atoms with Gasteiger partial charge in [-0.15, -0.1) is 0 Å². The summed E-state index contributed by atoms with van der Waals surface area (Å²) in [5.74, 6) is -1.14. The number of nitrogens with one attached hydrogen (secondary N) is 2. The van der Waals surface area contributed by atoms with Crippen LogP contribution in [0.4, 0.5) is 15.8 Å². The van der Waals surface area contributed by atoms with Crippen molar-refractivity contribution in [1.82, 2.24) is 4.31 Å². The van der Waals surface area contributed by atoms with Crippen LogP contribution in [0.3, 0.4) is 0 Å². The molecule has 0 aromatic heterocycles. The van der Waals surface area contributed by atoms with E-state index in [9.17, 15) is 17.6 Å². The van der Waals surface area contributed by atoms with Gasteiger partial charge in [0.2, 0.25) is 15.9 Å². The topological polar surface area (TPSA) is 78.5 Å². The van der Waals surface area contributed by atoms with E-state index < -0.39 is 21.7 Å². The highest BCUT2D eigenvalue weighted by Gasteiger charge is 2.30. The van der Waals surface area contributed by atoms with Crippen LogP contribution in [-0.4, -0.2) is 37.8 Å². The highest BCUT2D eigenvalue weighted by atomic mass is 32.2. The Kier molecular flexibility index (Phi) is 5.76. The van der Waals surface area contributed by atoms with Crippen molar-refractivity contribution in [2.75, 3.05) is 23.7 Å². The van der Waals surface area contributed by atoms with Crippen LogP contribution in [-0.2, 0) is 14.8 Å². The molecule has 2 aromatic carbocycles. The standard InChI is InChI=1S/C19H22FN3O3S/c1-14(24)21-19-12-17(9-10-18(19)20)27(25,26)23-11-5-8-16(13-23)22-15-6-3-2-4-7-15/h2-4,6-7,9-10,12,16,22H,5,8,11,13H2,1H3,(H,21,24)/t16-/m1/s1. The van der Waals surface area contributed by atoms with Gasteiger partial charge < -0.3 is 10.6 Å². The highest BCUT2D eigenvalue weighted by molar-refractivity contribution is 7.89. The van der Waals surface area contributed by atoms with Crippen molar-refractivity contribution in [2.24, 2.45) is 0 Å². The van der Waals surface area contributed by atoms with Crippen molar-refractivity contribution in [2.45, 2.75) is 30.7 Å². The number of hydrogen-bond acceptors (Lipinski definition) is 4. The van der Waals surface area contributed by atoms with Gasteiger partial charge in [0.15, 0.2) is 0 Å². The van der Waals surface area contributed by atoms with Crippen molar-refractivity contribution in [1.29, 1.82) is 0 Å². The Balaban J connectivity index is 1.79. The summed E-state index contributed by atoms with van der Waals surface area (Å²) < 4.78 is 41.2. The summed E-state index contributed by atoms with van der Waals surface area (Å²) in [6, 6.07) is 13.1. The third kappa shape index (κ3) is 4.64. The molecule has 27 heavy (non-hydrogen) atoms. The maximum Gasteiger partial charge on any atom is 0.243 e. The highest BCUT2D eigenvalue weighted by Crippen LogP contribution is 2.26. The van der Waals surface area contributed by atoms with Gasteiger partial charge in [0.1, 0.15) is 5.82 Å². The average Bonchev–Trinajstić information content (AvgIpc) is 2.64. The molecule has 1 fully saturated rings. The number of para-hydroxylation sites is 1. The fraction of sp³-hybridized carbons (Fsp3) is 0.316. The number of benzene rings is 2. The van der Waals surface area contributed by atoms with E-state index in [2.05, 4.69) is 10.6 Å². The van der Waals surface area contributed by atoms with Gasteiger partial charge in [-0.25, -0.2) is 12.8 Å². The van der Waals surface area contributed by atoms with E-state index in [1.165, 1.54) is 23.4 Å². The van der Waals surface area contributed by atoms with Gasteiger partial charge >= 0.3 is 0 Å². The molecule has 0 radical (unpaired) electrons. The lowest BCUT2D eigenvalue weighted by Crippen LogP contribution is -2.45. The molecule has 1 saturated heterocycles. The first-order valence-corrected chi connectivity index (χ1v) is 10.2. The Morgan fingerprint density at radius 3 is 2.63 bits per heavy atom. The molecule has 0 unspecified atom stereocenters. The largest absolute Gasteiger partial charge is 0.381 e. The molecule has 1 atom stereocenters. The number of carbonyl (C=O) groups excluding carboxylic acids is 1. The normalized spacial score (nSPS) is 18.1. The number of hydrogen-bond donors (Lipinski definition) is 2. The van der Waals surface area contributed by atoms with Gasteiger partial charge in [-0.2, -0.15) is 4.31 Å². The minimum absolute atomic E-state index is 0.00816. The molecule has 1 aliphatic heterocycles. The van der Waals surface area contributed by atoms with Crippen LogP contribution in [0.5, 0.6) is 0 Å². The van der Waals surface area contributed by atoms with Crippen molar-refractivity contribution in [3.05, 3.63) is 54.3 Å². The molecular formula is C19H22FN3O3S. The Morgan fingerprint density at radius 2 is 1.93 bits per heavy atom. The number of rotatable bonds is 5. The van der Waals surface area contributed by atoms with Crippen LogP contribution in [0.25, 0.3) is 0 Å². The predicted molar refractivity (Wildman–Crippen MR) is 103 cm³/mol. The number of anilines is 2. The summed E-state index contributed by atoms with van der Waals surface area (Å²) in [6.45, 7) is 1.97. The van der Waals surface area contributed by atoms with E-state index in [0.717, 1.165) is 24.6 Å². The second kappa shape index (κ2) is 8.06. The van der Waals surface area contributed by atoms with Crippen LogP contribution in [0.1, 0.15) is 19.8 Å². The Labute approximate surface area is 158 Å². The molecule has 2 N–H and O–H groups in total. The molecule has 6 nitrogen and oxygen atoms in total. The molecule has 1 aliphatic rings. The van der Waals surface area contributed by atoms with Gasteiger partial charge in [-0.3, -0.25) is 4.79 Å². The van der Waals surface area contributed by atoms with Crippen LogP contribution in [0, 0.1) is 5.82 Å². The lowest BCUT2D eigenvalue weighted by Gasteiger charge is -2.33. The second-order valence-electron chi connectivity index (χ2n) is 6.54. The van der Waals surface area contributed by atoms with E-state index >= 15 is 0 Å². The first-order chi connectivity index (χ1) is 12.9. The molecule has 0 spiro atoms. The third-order valence-electron chi connectivity index (χ3n) is 4.42. The smallest absolute Gasteiger partial charge is 0.243 e. The number of carbonyl (C=O) groups is 1. The molecule has 2 aromatic rings. The third-order valence-corrected chi connectivity index (χ3v) is 6.28. The molecule has 3 rings (SSSR count). The SMILES string of the molecule is CC(=O)Nc1cc(S(=O)(=O)N2CCC[C@@H](Nc3ccccc3)C2)ccc1F. The summed E-state index contributed by atoms with van der Waals surface area (Å²) in [6.07, 6.45) is 1.59. The number of amides is 1. The van der Waals surface area contributed by atoms with Gasteiger partial charge in [0.25, 0.3) is 0 Å². The van der Waals surface area contributed by atoms with Crippen molar-refractivity contribution >= 4 is 27.3 Å². The van der Waals surface area contributed by atoms with Crippen molar-refractivity contribution < 1.29 is 17.6 Å². The monoisotopic (exact) mass is 391 g/mol. The molecule has 0 aliphatic carbocycles. The van der Waals surface area contributed by atoms with Crippen LogP contribution >= 0.6 is 0 Å². The lowest BCUT2D eigenvalue weighted by molar-refractivity contribution is -0.114. The summed E-state index contributed by atoms with van der Waals surface area (Å²) in [7, 11) is -3.79. The number of piperidine rings is 1. The van der Waals surface area contributed by atoms with E-state index in [-0.39, 0.29) is 16.6 Å². The summed E-state index contributed by atoms with van der Waals surface area (Å²) >= 11 is 0. The number of halogens is 1. The molecule has 0 bridgehead atoms. The zero-order chi connectivity index (χ0) is 19.4. The van der Waals surface area contributed by atoms with E-state index in [4.69, 9.17) is 0 Å². The van der Waals surface area contributed by atoms with Gasteiger partial charge in [0, 0.05) is 31.7 Å². The first-order valence-electron chi connectivity index (χ1n) is 8.75. The van der Waals surface area contributed by atoms with Crippen molar-refractivity contribution in [3.63, 3.8) is 0 Å². The molecule has 8 heteroatoms. The minimum atomic E-state index is -3.79. The van der Waals surface area contributed by atoms with Gasteiger partial charge in [-0.05, 0) is 43.2 Å². The average molecular weight is 391 g/mol. The zero-order valence-corrected chi connectivity index (χ0v) is 15.8. The van der Waals surface area contributed by atoms with E-state index in [1.54, 1.807) is 0 Å². The van der Waals surface area contributed by atoms with Crippen LogP contribution < -0.4 is 10.6 Å². The molecular weight excluding hydrogens is 369 g/mol. The fourth-order valence-corrected chi connectivity index (χ4v) is 4.70. The van der Waals surface area contributed by atoms with Crippen LogP contribution in [0.2, 0.25) is 0 Å². The van der Waals surface area contributed by atoms with E-state index in [0.29, 0.717) is 13.1 Å². The summed E-state index contributed by atoms with van der Waals surface area (Å²) in [4.78, 5) is 11.2. The van der Waals surface area contributed by atoms with E-state index in [1.807, 2.05) is 30.3 Å². The zero-order valence-electron chi connectivity index (χ0n) is 15.0. The minimum Gasteiger partial charge on any atom is -0.381 e. The lowest BCUT2D eigenvalue weighted by atomic mass is 10.1. The Hall–Kier alpha value is -2.45. The Bertz CT molecular complexity index is 919. The predicted octanol–water partition coefficient (Wildman–Crippen LogP) is 3.05. The molecule has 144 valence electrons. The molecule has 1 amide bonds. The fourth-order valence-electron chi connectivity index (χ4n) is 3.15. The quantitative estimate of drug-likeness (QED) is 0.821. The van der Waals surface area contributed by atoms with Gasteiger partial charge in [-0.1, -0.05) is 18.2 Å². The first kappa shape index (κ1) is 19.3. The second-order valence-corrected chi connectivity index (χ2v) is 8.47. The summed E-state index contributed by atoms with van der Waals surface area (Å²) in [5, 5.41) is 5.68. The Morgan fingerprint density at radius 1 is 1.19 bits per heavy atom. The van der Waals surface area contributed by atoms with Crippen LogP contribution in [0.15, 0.2) is 53.4 Å². The summed E-state index contributed by atoms with van der Waals surface area (Å²) in [5.41, 5.74) is 0.802. The molecule has 1 heterocycles. The van der Waals surface area contributed by atoms with Crippen molar-refractivity contribution in [3.8, 4) is 0 Å². The number of sulfonamides is 1. The maximum atomic E-state index is 13.8. The molecule has 0 saturated carbocycles. The van der Waals surface area contributed by atoms with Gasteiger partial charge in [0.05, 0.1) is 10.6 Å².